The van der Waals surface area contributed by atoms with E-state index < -0.39 is 22.8 Å². The maximum atomic E-state index is 5.73. The number of epoxide rings is 1. The van der Waals surface area contributed by atoms with Crippen LogP contribution in [0.15, 0.2) is 0 Å². The zero-order valence-corrected chi connectivity index (χ0v) is 22.5. The van der Waals surface area contributed by atoms with Crippen LogP contribution in [0.25, 0.3) is 0 Å². The molecule has 11 heteroatoms. The first kappa shape index (κ1) is 29.1. The molecule has 0 aromatic heterocycles. The highest BCUT2D eigenvalue weighted by Gasteiger charge is 2.60. The lowest BCUT2D eigenvalue weighted by Gasteiger charge is -2.46. The van der Waals surface area contributed by atoms with Gasteiger partial charge in [0.05, 0.1) is 13.2 Å². The quantitative estimate of drug-likeness (QED) is 0.151. The first-order valence-corrected chi connectivity index (χ1v) is 15.1. The second kappa shape index (κ2) is 15.1. The minimum absolute atomic E-state index is 0.355. The van der Waals surface area contributed by atoms with Gasteiger partial charge in [-0.2, -0.15) is 0 Å². The van der Waals surface area contributed by atoms with Crippen LogP contribution in [0, 0.1) is 0 Å². The molecule has 2 fully saturated rings. The highest BCUT2D eigenvalue weighted by atomic mass is 28.4. The number of methoxy groups -OCH3 is 2. The van der Waals surface area contributed by atoms with E-state index in [2.05, 4.69) is 0 Å². The van der Waals surface area contributed by atoms with Crippen LogP contribution in [0.4, 0.5) is 0 Å². The lowest BCUT2D eigenvalue weighted by molar-refractivity contribution is -0.183. The van der Waals surface area contributed by atoms with E-state index in [9.17, 15) is 0 Å². The average Bonchev–Trinajstić information content (AvgIpc) is 3.66. The summed E-state index contributed by atoms with van der Waals surface area (Å²) in [6.45, 7) is 5.05. The summed E-state index contributed by atoms with van der Waals surface area (Å²) in [5, 5.41) is 0. The van der Waals surface area contributed by atoms with Crippen LogP contribution in [0.1, 0.15) is 39.0 Å². The molecule has 2 aliphatic heterocycles. The van der Waals surface area contributed by atoms with Crippen LogP contribution in [0.3, 0.4) is 0 Å². The Hall–Kier alpha value is 0.0738. The van der Waals surface area contributed by atoms with Crippen molar-refractivity contribution in [3.8, 4) is 0 Å². The van der Waals surface area contributed by atoms with Gasteiger partial charge in [-0.15, -0.1) is 0 Å². The van der Waals surface area contributed by atoms with E-state index in [4.69, 9.17) is 41.1 Å². The maximum Gasteiger partial charge on any atom is 0.500 e. The fourth-order valence-electron chi connectivity index (χ4n) is 3.80. The first-order valence-electron chi connectivity index (χ1n) is 11.1. The lowest BCUT2D eigenvalue weighted by atomic mass is 10.2. The minimum Gasteiger partial charge on any atom is -0.395 e. The van der Waals surface area contributed by atoms with Gasteiger partial charge < -0.3 is 41.1 Å². The largest absolute Gasteiger partial charge is 0.500 e. The summed E-state index contributed by atoms with van der Waals surface area (Å²) in [4.78, 5) is 0. The lowest BCUT2D eigenvalue weighted by Crippen LogP contribution is -2.65. The van der Waals surface area contributed by atoms with Crippen molar-refractivity contribution in [3.63, 3.8) is 0 Å². The maximum absolute atomic E-state index is 5.73. The molecular formula is C20H44O9Si2. The molecule has 1 atom stereocenters. The van der Waals surface area contributed by atoms with Gasteiger partial charge >= 0.3 is 17.4 Å². The molecule has 0 N–H and O–H groups in total. The van der Waals surface area contributed by atoms with Crippen molar-refractivity contribution >= 4 is 17.4 Å². The van der Waals surface area contributed by atoms with Crippen molar-refractivity contribution in [3.05, 3.63) is 0 Å². The molecular weight excluding hydrogens is 440 g/mol. The van der Waals surface area contributed by atoms with Gasteiger partial charge in [-0.1, -0.05) is 13.3 Å². The van der Waals surface area contributed by atoms with E-state index in [0.29, 0.717) is 12.7 Å². The van der Waals surface area contributed by atoms with Gasteiger partial charge in [-0.3, -0.25) is 0 Å². The topological polar surface area (TPSA) is 86.4 Å². The van der Waals surface area contributed by atoms with E-state index in [1.165, 1.54) is 0 Å². The molecule has 1 unspecified atom stereocenters. The van der Waals surface area contributed by atoms with Gasteiger partial charge in [0.1, 0.15) is 6.10 Å². The third-order valence-electron chi connectivity index (χ3n) is 5.93. The average molecular weight is 485 g/mol. The Morgan fingerprint density at radius 2 is 1.55 bits per heavy atom. The molecule has 2 heterocycles. The van der Waals surface area contributed by atoms with Gasteiger partial charge in [0.2, 0.25) is 5.41 Å². The van der Waals surface area contributed by atoms with Gasteiger partial charge in [-0.05, 0) is 25.3 Å². The van der Waals surface area contributed by atoms with Crippen molar-refractivity contribution in [1.82, 2.24) is 0 Å². The van der Waals surface area contributed by atoms with Crippen molar-refractivity contribution in [2.45, 2.75) is 62.6 Å². The first-order chi connectivity index (χ1) is 15.0. The minimum atomic E-state index is -2.35. The molecule has 186 valence electrons. The fraction of sp³-hybridized carbons (Fsp3) is 1.00. The van der Waals surface area contributed by atoms with Gasteiger partial charge in [0.25, 0.3) is 0 Å². The van der Waals surface area contributed by atoms with E-state index >= 15 is 0 Å². The van der Waals surface area contributed by atoms with Crippen molar-refractivity contribution < 1.29 is 41.1 Å². The van der Waals surface area contributed by atoms with Crippen LogP contribution in [0.2, 0.25) is 12.1 Å². The molecule has 9 nitrogen and oxygen atoms in total. The zero-order chi connectivity index (χ0) is 23.2. The summed E-state index contributed by atoms with van der Waals surface area (Å²) in [7, 11) is 5.29. The van der Waals surface area contributed by atoms with E-state index in [1.807, 2.05) is 6.92 Å². The Balaban J connectivity index is 0.000000316. The summed E-state index contributed by atoms with van der Waals surface area (Å²) in [6, 6.07) is 1.73. The second-order valence-electron chi connectivity index (χ2n) is 7.56. The molecule has 31 heavy (non-hydrogen) atoms. The monoisotopic (exact) mass is 484 g/mol. The molecule has 0 radical (unpaired) electrons. The number of hydrogen-bond acceptors (Lipinski definition) is 9. The zero-order valence-electron chi connectivity index (χ0n) is 20.5. The Morgan fingerprint density at radius 1 is 0.935 bits per heavy atom. The Labute approximate surface area is 190 Å². The molecule has 2 saturated heterocycles. The number of unbranched alkanes of at least 4 members (excludes halogenated alkanes) is 1. The Kier molecular flexibility index (Phi) is 14.1. The normalized spacial score (nSPS) is 22.0. The molecule has 0 saturated carbocycles. The summed E-state index contributed by atoms with van der Waals surface area (Å²) in [5.74, 6) is 0. The fourth-order valence-corrected chi connectivity index (χ4v) is 8.91. The Morgan fingerprint density at radius 3 is 2.00 bits per heavy atom. The predicted molar refractivity (Wildman–Crippen MR) is 121 cm³/mol. The van der Waals surface area contributed by atoms with E-state index in [1.54, 1.807) is 42.7 Å². The van der Waals surface area contributed by atoms with E-state index in [0.717, 1.165) is 64.0 Å². The third-order valence-corrected chi connectivity index (χ3v) is 12.8. The summed E-state index contributed by atoms with van der Waals surface area (Å²) in [6.07, 6.45) is 5.40. The summed E-state index contributed by atoms with van der Waals surface area (Å²) < 4.78 is 49.1. The molecule has 0 aromatic carbocycles. The van der Waals surface area contributed by atoms with Crippen LogP contribution in [-0.4, -0.2) is 98.0 Å². The summed E-state index contributed by atoms with van der Waals surface area (Å²) >= 11 is 0. The van der Waals surface area contributed by atoms with Gasteiger partial charge in [0, 0.05) is 68.3 Å². The molecule has 2 aliphatic rings. The second-order valence-corrected chi connectivity index (χ2v) is 14.3. The highest BCUT2D eigenvalue weighted by Crippen LogP contribution is 2.40. The van der Waals surface area contributed by atoms with Crippen LogP contribution < -0.4 is 0 Å². The standard InChI is InChI=1S/C11H24O5Si.C9H20O4Si/c1-4-17(12-2,13-3)16-8-6-5-7-14-9-11-10-15-11;1-10-9(11-2)7-5-6-8-14(9,12-3)13-4/h11H,4-10H2,1-3H3;5-8H2,1-4H3. The van der Waals surface area contributed by atoms with Crippen molar-refractivity contribution in [2.24, 2.45) is 0 Å². The molecule has 0 amide bonds. The highest BCUT2D eigenvalue weighted by molar-refractivity contribution is 6.70. The smallest absolute Gasteiger partial charge is 0.395 e. The van der Waals surface area contributed by atoms with Crippen LogP contribution >= 0.6 is 0 Å². The predicted octanol–water partition coefficient (Wildman–Crippen LogP) is 2.88. The van der Waals surface area contributed by atoms with Crippen molar-refractivity contribution in [2.75, 3.05) is 69.1 Å². The number of hydrogen-bond donors (Lipinski definition) is 0. The van der Waals surface area contributed by atoms with Crippen LogP contribution in [0.5, 0.6) is 0 Å². The molecule has 0 aliphatic carbocycles. The molecule has 0 bridgehead atoms. The van der Waals surface area contributed by atoms with E-state index in [-0.39, 0.29) is 0 Å². The number of rotatable bonds is 15. The third kappa shape index (κ3) is 8.41. The molecule has 0 spiro atoms. The van der Waals surface area contributed by atoms with Crippen LogP contribution in [-0.2, 0) is 41.1 Å². The molecule has 2 rings (SSSR count). The number of ether oxygens (including phenoxy) is 4. The molecule has 0 aromatic rings. The van der Waals surface area contributed by atoms with Crippen molar-refractivity contribution in [1.29, 1.82) is 0 Å². The van der Waals surface area contributed by atoms with Gasteiger partial charge in [-0.25, -0.2) is 0 Å². The SMILES string of the molecule is CC[Si](OC)(OC)OCCCCOCC1CO1.COC1(OC)CCCC[Si]1(OC)OC. The van der Waals surface area contributed by atoms with Gasteiger partial charge in [0.15, 0.2) is 0 Å². The Bertz CT molecular complexity index is 426. The summed E-state index contributed by atoms with van der Waals surface area (Å²) in [5.41, 5.74) is -0.630.